The normalized spacial score (nSPS) is 21.3. The first-order chi connectivity index (χ1) is 9.34. The fraction of sp³-hybridized carbons (Fsp3) is 0.533. The Balaban J connectivity index is 1.77. The summed E-state index contributed by atoms with van der Waals surface area (Å²) < 4.78 is 0. The summed E-state index contributed by atoms with van der Waals surface area (Å²) in [5, 5.41) is 6.43. The summed E-state index contributed by atoms with van der Waals surface area (Å²) in [6, 6.07) is 8.59. The van der Waals surface area contributed by atoms with Crippen LogP contribution in [0.5, 0.6) is 0 Å². The van der Waals surface area contributed by atoms with Gasteiger partial charge in [0.15, 0.2) is 0 Å². The molecule has 1 saturated heterocycles. The molecule has 19 heavy (non-hydrogen) atoms. The van der Waals surface area contributed by atoms with Gasteiger partial charge in [0.2, 0.25) is 0 Å². The number of urea groups is 1. The summed E-state index contributed by atoms with van der Waals surface area (Å²) in [4.78, 5) is 14.5. The third kappa shape index (κ3) is 2.73. The van der Waals surface area contributed by atoms with Crippen LogP contribution in [0.2, 0.25) is 0 Å². The standard InChI is InChI=1S/C15H21N3O/c19-15-17-14-6-2-1-4-12(14)5-3-11-18(15)13-7-9-16-10-8-13/h1-2,4,6,13,16H,3,5,7-11H2,(H,17,19). The van der Waals surface area contributed by atoms with E-state index in [4.69, 9.17) is 0 Å². The van der Waals surface area contributed by atoms with E-state index in [0.29, 0.717) is 6.04 Å². The first-order valence-corrected chi connectivity index (χ1v) is 7.21. The number of rotatable bonds is 1. The van der Waals surface area contributed by atoms with E-state index in [0.717, 1.165) is 51.0 Å². The second kappa shape index (κ2) is 5.61. The number of nitrogens with one attached hydrogen (secondary N) is 2. The highest BCUT2D eigenvalue weighted by Gasteiger charge is 2.26. The molecule has 3 rings (SSSR count). The summed E-state index contributed by atoms with van der Waals surface area (Å²) >= 11 is 0. The molecule has 2 aliphatic rings. The number of anilines is 1. The molecule has 0 unspecified atom stereocenters. The fourth-order valence-electron chi connectivity index (χ4n) is 3.06. The van der Waals surface area contributed by atoms with Crippen LogP contribution in [-0.4, -0.2) is 36.6 Å². The van der Waals surface area contributed by atoms with Crippen LogP contribution in [0, 0.1) is 0 Å². The molecule has 0 saturated carbocycles. The minimum Gasteiger partial charge on any atom is -0.321 e. The van der Waals surface area contributed by atoms with E-state index in [2.05, 4.69) is 16.7 Å². The van der Waals surface area contributed by atoms with Crippen LogP contribution >= 0.6 is 0 Å². The van der Waals surface area contributed by atoms with Gasteiger partial charge in [0.25, 0.3) is 0 Å². The molecule has 0 spiro atoms. The number of benzene rings is 1. The lowest BCUT2D eigenvalue weighted by molar-refractivity contribution is 0.169. The average molecular weight is 259 g/mol. The van der Waals surface area contributed by atoms with E-state index in [1.54, 1.807) is 0 Å². The Morgan fingerprint density at radius 3 is 2.79 bits per heavy atom. The second-order valence-electron chi connectivity index (χ2n) is 5.37. The van der Waals surface area contributed by atoms with Crippen molar-refractivity contribution in [3.05, 3.63) is 29.8 Å². The molecule has 2 amide bonds. The summed E-state index contributed by atoms with van der Waals surface area (Å²) in [6.07, 6.45) is 4.22. The maximum absolute atomic E-state index is 12.4. The Hall–Kier alpha value is -1.55. The van der Waals surface area contributed by atoms with Crippen molar-refractivity contribution in [3.8, 4) is 0 Å². The Morgan fingerprint density at radius 2 is 1.95 bits per heavy atom. The van der Waals surface area contributed by atoms with Crippen molar-refractivity contribution in [1.29, 1.82) is 0 Å². The fourth-order valence-corrected chi connectivity index (χ4v) is 3.06. The van der Waals surface area contributed by atoms with Crippen LogP contribution in [0.1, 0.15) is 24.8 Å². The number of nitrogens with zero attached hydrogens (tertiary/aromatic N) is 1. The predicted octanol–water partition coefficient (Wildman–Crippen LogP) is 2.22. The highest BCUT2D eigenvalue weighted by molar-refractivity contribution is 5.90. The van der Waals surface area contributed by atoms with Crippen LogP contribution < -0.4 is 10.6 Å². The lowest BCUT2D eigenvalue weighted by Gasteiger charge is -2.36. The average Bonchev–Trinajstić information content (AvgIpc) is 2.44. The van der Waals surface area contributed by atoms with E-state index in [-0.39, 0.29) is 6.03 Å². The Morgan fingerprint density at radius 1 is 1.16 bits per heavy atom. The molecule has 2 aliphatic heterocycles. The van der Waals surface area contributed by atoms with E-state index in [9.17, 15) is 4.79 Å². The molecular weight excluding hydrogens is 238 g/mol. The SMILES string of the molecule is O=C1Nc2ccccc2CCCN1C1CCNCC1. The van der Waals surface area contributed by atoms with Gasteiger partial charge in [-0.05, 0) is 50.4 Å². The van der Waals surface area contributed by atoms with Crippen molar-refractivity contribution in [1.82, 2.24) is 10.2 Å². The molecule has 1 fully saturated rings. The Labute approximate surface area is 114 Å². The van der Waals surface area contributed by atoms with Gasteiger partial charge in [0, 0.05) is 18.3 Å². The molecule has 0 radical (unpaired) electrons. The zero-order valence-electron chi connectivity index (χ0n) is 11.2. The number of hydrogen-bond acceptors (Lipinski definition) is 2. The van der Waals surface area contributed by atoms with Crippen molar-refractivity contribution in [2.24, 2.45) is 0 Å². The van der Waals surface area contributed by atoms with Gasteiger partial charge in [-0.2, -0.15) is 0 Å². The zero-order chi connectivity index (χ0) is 13.1. The Kier molecular flexibility index (Phi) is 3.69. The van der Waals surface area contributed by atoms with E-state index in [1.165, 1.54) is 5.56 Å². The first kappa shape index (κ1) is 12.5. The third-order valence-electron chi connectivity index (χ3n) is 4.11. The van der Waals surface area contributed by atoms with Crippen LogP contribution in [0.4, 0.5) is 10.5 Å². The van der Waals surface area contributed by atoms with E-state index < -0.39 is 0 Å². The summed E-state index contributed by atoms with van der Waals surface area (Å²) in [6.45, 7) is 2.90. The topological polar surface area (TPSA) is 44.4 Å². The maximum Gasteiger partial charge on any atom is 0.322 e. The summed E-state index contributed by atoms with van der Waals surface area (Å²) in [5.74, 6) is 0. The van der Waals surface area contributed by atoms with E-state index >= 15 is 0 Å². The maximum atomic E-state index is 12.4. The molecule has 0 atom stereocenters. The quantitative estimate of drug-likeness (QED) is 0.812. The molecule has 1 aromatic carbocycles. The van der Waals surface area contributed by atoms with E-state index in [1.807, 2.05) is 23.1 Å². The minimum atomic E-state index is 0.0686. The minimum absolute atomic E-state index is 0.0686. The molecule has 2 N–H and O–H groups in total. The van der Waals surface area contributed by atoms with Crippen LogP contribution in [0.15, 0.2) is 24.3 Å². The van der Waals surface area contributed by atoms with Gasteiger partial charge in [-0.1, -0.05) is 18.2 Å². The van der Waals surface area contributed by atoms with Crippen molar-refractivity contribution < 1.29 is 4.79 Å². The molecule has 0 aromatic heterocycles. The molecule has 0 bridgehead atoms. The van der Waals surface area contributed by atoms with Crippen molar-refractivity contribution in [2.45, 2.75) is 31.7 Å². The second-order valence-corrected chi connectivity index (χ2v) is 5.37. The van der Waals surface area contributed by atoms with Gasteiger partial charge in [-0.15, -0.1) is 0 Å². The number of para-hydroxylation sites is 1. The smallest absolute Gasteiger partial charge is 0.321 e. The number of piperidine rings is 1. The number of hydrogen-bond donors (Lipinski definition) is 2. The van der Waals surface area contributed by atoms with Crippen LogP contribution in [0.3, 0.4) is 0 Å². The van der Waals surface area contributed by atoms with Crippen LogP contribution in [-0.2, 0) is 6.42 Å². The molecule has 102 valence electrons. The van der Waals surface area contributed by atoms with Gasteiger partial charge in [0.1, 0.15) is 0 Å². The predicted molar refractivity (Wildman–Crippen MR) is 76.4 cm³/mol. The molecule has 1 aromatic rings. The largest absolute Gasteiger partial charge is 0.322 e. The molecule has 2 heterocycles. The number of fused-ring (bicyclic) bond motifs is 1. The van der Waals surface area contributed by atoms with Gasteiger partial charge < -0.3 is 15.5 Å². The van der Waals surface area contributed by atoms with Crippen molar-refractivity contribution in [2.75, 3.05) is 25.0 Å². The third-order valence-corrected chi connectivity index (χ3v) is 4.11. The highest BCUT2D eigenvalue weighted by Crippen LogP contribution is 2.22. The molecule has 0 aliphatic carbocycles. The highest BCUT2D eigenvalue weighted by atomic mass is 16.2. The number of aryl methyl sites for hydroxylation is 1. The van der Waals surface area contributed by atoms with Crippen molar-refractivity contribution in [3.63, 3.8) is 0 Å². The molecular formula is C15H21N3O. The van der Waals surface area contributed by atoms with Crippen LogP contribution in [0.25, 0.3) is 0 Å². The number of amides is 2. The lowest BCUT2D eigenvalue weighted by atomic mass is 10.0. The van der Waals surface area contributed by atoms with Gasteiger partial charge in [-0.3, -0.25) is 0 Å². The number of carbonyl (C=O) groups excluding carboxylic acids is 1. The Bertz CT molecular complexity index is 454. The molecule has 4 nitrogen and oxygen atoms in total. The molecule has 4 heteroatoms. The van der Waals surface area contributed by atoms with Gasteiger partial charge in [0.05, 0.1) is 0 Å². The number of carbonyl (C=O) groups is 1. The monoisotopic (exact) mass is 259 g/mol. The summed E-state index contributed by atoms with van der Waals surface area (Å²) in [5.41, 5.74) is 2.23. The zero-order valence-corrected chi connectivity index (χ0v) is 11.2. The van der Waals surface area contributed by atoms with Gasteiger partial charge >= 0.3 is 6.03 Å². The first-order valence-electron chi connectivity index (χ1n) is 7.21. The lowest BCUT2D eigenvalue weighted by Crippen LogP contribution is -2.48. The summed E-state index contributed by atoms with van der Waals surface area (Å²) in [7, 11) is 0. The van der Waals surface area contributed by atoms with Crippen molar-refractivity contribution >= 4 is 11.7 Å². The van der Waals surface area contributed by atoms with Gasteiger partial charge in [-0.25, -0.2) is 4.79 Å².